The van der Waals surface area contributed by atoms with Crippen LogP contribution in [-0.2, 0) is 27.7 Å². The number of nitrogens with one attached hydrogen (secondary N) is 2. The van der Waals surface area contributed by atoms with Gasteiger partial charge >= 0.3 is 0 Å². The van der Waals surface area contributed by atoms with Gasteiger partial charge in [-0.1, -0.05) is 48.5 Å². The molecule has 0 aromatic heterocycles. The summed E-state index contributed by atoms with van der Waals surface area (Å²) in [6.45, 7) is 3.38. The summed E-state index contributed by atoms with van der Waals surface area (Å²) < 4.78 is 37.9. The lowest BCUT2D eigenvalue weighted by Crippen LogP contribution is -2.46. The van der Waals surface area contributed by atoms with Gasteiger partial charge in [0, 0.05) is 24.3 Å². The van der Waals surface area contributed by atoms with Crippen molar-refractivity contribution < 1.29 is 22.7 Å². The lowest BCUT2D eigenvalue weighted by Gasteiger charge is -2.24. The SMILES string of the molecule is CCS(=O)(=O)Nc1cccc(C(=O)N[C@@H](Cc2ccccc2)[C@H]2CN(Cc3cccc(OC)c3)CO2)c1. The molecule has 8 nitrogen and oxygen atoms in total. The van der Waals surface area contributed by atoms with E-state index in [-0.39, 0.29) is 23.8 Å². The largest absolute Gasteiger partial charge is 0.497 e. The van der Waals surface area contributed by atoms with Gasteiger partial charge in [-0.3, -0.25) is 14.4 Å². The average Bonchev–Trinajstić information content (AvgIpc) is 3.37. The van der Waals surface area contributed by atoms with Crippen LogP contribution < -0.4 is 14.8 Å². The van der Waals surface area contributed by atoms with E-state index in [0.717, 1.165) is 16.9 Å². The van der Waals surface area contributed by atoms with Crippen molar-refractivity contribution in [1.82, 2.24) is 10.2 Å². The van der Waals surface area contributed by atoms with Crippen molar-refractivity contribution in [3.8, 4) is 5.75 Å². The minimum absolute atomic E-state index is 0.0478. The van der Waals surface area contributed by atoms with Crippen molar-refractivity contribution in [3.05, 3.63) is 95.6 Å². The molecule has 37 heavy (non-hydrogen) atoms. The first-order valence-electron chi connectivity index (χ1n) is 12.3. The molecule has 1 heterocycles. The first kappa shape index (κ1) is 26.7. The number of nitrogens with zero attached hydrogens (tertiary/aromatic N) is 1. The molecule has 0 bridgehead atoms. The average molecular weight is 524 g/mol. The number of sulfonamides is 1. The van der Waals surface area contributed by atoms with Gasteiger partial charge in [0.15, 0.2) is 0 Å². The fraction of sp³-hybridized carbons (Fsp3) is 0.321. The molecule has 0 saturated carbocycles. The highest BCUT2D eigenvalue weighted by Crippen LogP contribution is 2.21. The third-order valence-electron chi connectivity index (χ3n) is 6.29. The standard InChI is InChI=1S/C28H33N3O5S/c1-3-37(33,34)30-24-13-8-12-23(17-24)28(32)29-26(16-21-9-5-4-6-10-21)27-19-31(20-36-27)18-22-11-7-14-25(15-22)35-2/h4-15,17,26-27,30H,3,16,18-20H2,1-2H3,(H,29,32)/t26-,27+/m0/s1. The summed E-state index contributed by atoms with van der Waals surface area (Å²) in [4.78, 5) is 15.5. The number of rotatable bonds is 11. The number of hydrogen-bond donors (Lipinski definition) is 2. The molecule has 1 aliphatic heterocycles. The molecule has 1 amide bonds. The van der Waals surface area contributed by atoms with E-state index >= 15 is 0 Å². The van der Waals surface area contributed by atoms with Gasteiger partial charge in [-0.15, -0.1) is 0 Å². The van der Waals surface area contributed by atoms with Gasteiger partial charge < -0.3 is 14.8 Å². The summed E-state index contributed by atoms with van der Waals surface area (Å²) in [7, 11) is -1.79. The Bertz CT molecular complexity index is 1300. The smallest absolute Gasteiger partial charge is 0.251 e. The zero-order chi connectivity index (χ0) is 26.3. The molecule has 2 atom stereocenters. The summed E-state index contributed by atoms with van der Waals surface area (Å²) in [5, 5.41) is 3.14. The minimum Gasteiger partial charge on any atom is -0.497 e. The summed E-state index contributed by atoms with van der Waals surface area (Å²) in [6.07, 6.45) is 0.392. The summed E-state index contributed by atoms with van der Waals surface area (Å²) in [5.41, 5.74) is 2.95. The van der Waals surface area contributed by atoms with Crippen LogP contribution in [0, 0.1) is 0 Å². The van der Waals surface area contributed by atoms with Crippen LogP contribution in [0.2, 0.25) is 0 Å². The molecule has 4 rings (SSSR count). The molecule has 0 aliphatic carbocycles. The topological polar surface area (TPSA) is 97.0 Å². The first-order valence-corrected chi connectivity index (χ1v) is 13.9. The quantitative estimate of drug-likeness (QED) is 0.398. The number of anilines is 1. The van der Waals surface area contributed by atoms with Crippen LogP contribution in [0.1, 0.15) is 28.4 Å². The molecule has 196 valence electrons. The van der Waals surface area contributed by atoms with Gasteiger partial charge in [-0.2, -0.15) is 0 Å². The van der Waals surface area contributed by atoms with E-state index in [9.17, 15) is 13.2 Å². The van der Waals surface area contributed by atoms with E-state index < -0.39 is 10.0 Å². The molecule has 0 unspecified atom stereocenters. The van der Waals surface area contributed by atoms with Crippen molar-refractivity contribution in [3.63, 3.8) is 0 Å². The third-order valence-corrected chi connectivity index (χ3v) is 7.60. The van der Waals surface area contributed by atoms with Gasteiger partial charge in [0.05, 0.1) is 31.7 Å². The van der Waals surface area contributed by atoms with Gasteiger partial charge in [0.1, 0.15) is 5.75 Å². The number of benzene rings is 3. The van der Waals surface area contributed by atoms with Crippen molar-refractivity contribution in [2.75, 3.05) is 30.9 Å². The normalized spacial score (nSPS) is 16.8. The van der Waals surface area contributed by atoms with Crippen LogP contribution in [-0.4, -0.2) is 57.5 Å². The van der Waals surface area contributed by atoms with Gasteiger partial charge in [0.25, 0.3) is 5.91 Å². The molecule has 2 N–H and O–H groups in total. The Kier molecular flexibility index (Phi) is 8.81. The molecular formula is C28H33N3O5S. The van der Waals surface area contributed by atoms with E-state index in [1.807, 2.05) is 48.5 Å². The third kappa shape index (κ3) is 7.55. The van der Waals surface area contributed by atoms with Crippen LogP contribution in [0.3, 0.4) is 0 Å². The van der Waals surface area contributed by atoms with E-state index in [4.69, 9.17) is 9.47 Å². The maximum Gasteiger partial charge on any atom is 0.251 e. The maximum atomic E-state index is 13.3. The number of carbonyl (C=O) groups is 1. The number of carbonyl (C=O) groups excluding carboxylic acids is 1. The first-order chi connectivity index (χ1) is 17.8. The number of amides is 1. The molecule has 3 aromatic carbocycles. The monoisotopic (exact) mass is 523 g/mol. The van der Waals surface area contributed by atoms with Gasteiger partial charge in [-0.05, 0) is 54.8 Å². The Hall–Kier alpha value is -3.40. The molecule has 1 aliphatic rings. The second-order valence-corrected chi connectivity index (χ2v) is 11.1. The second-order valence-electron chi connectivity index (χ2n) is 9.05. The van der Waals surface area contributed by atoms with Crippen LogP contribution in [0.25, 0.3) is 0 Å². The van der Waals surface area contributed by atoms with Crippen LogP contribution in [0.15, 0.2) is 78.9 Å². The fourth-order valence-corrected chi connectivity index (χ4v) is 4.94. The molecular weight excluding hydrogens is 490 g/mol. The summed E-state index contributed by atoms with van der Waals surface area (Å²) in [6, 6.07) is 24.2. The van der Waals surface area contributed by atoms with Gasteiger partial charge in [-0.25, -0.2) is 8.42 Å². The molecule has 0 spiro atoms. The Morgan fingerprint density at radius 3 is 2.57 bits per heavy atom. The molecule has 3 aromatic rings. The number of ether oxygens (including phenoxy) is 2. The second kappa shape index (κ2) is 12.2. The fourth-order valence-electron chi connectivity index (χ4n) is 4.31. The summed E-state index contributed by atoms with van der Waals surface area (Å²) in [5.74, 6) is 0.480. The van der Waals surface area contributed by atoms with Crippen molar-refractivity contribution in [2.45, 2.75) is 32.0 Å². The molecule has 9 heteroatoms. The van der Waals surface area contributed by atoms with E-state index in [0.29, 0.717) is 37.5 Å². The lowest BCUT2D eigenvalue weighted by atomic mass is 10.00. The van der Waals surface area contributed by atoms with E-state index in [2.05, 4.69) is 21.0 Å². The van der Waals surface area contributed by atoms with Crippen molar-refractivity contribution in [1.29, 1.82) is 0 Å². The molecule has 1 fully saturated rings. The minimum atomic E-state index is -3.44. The lowest BCUT2D eigenvalue weighted by molar-refractivity contribution is 0.0599. The zero-order valence-electron chi connectivity index (χ0n) is 21.1. The number of methoxy groups -OCH3 is 1. The highest BCUT2D eigenvalue weighted by molar-refractivity contribution is 7.92. The Balaban J connectivity index is 1.47. The highest BCUT2D eigenvalue weighted by Gasteiger charge is 2.32. The van der Waals surface area contributed by atoms with E-state index in [1.165, 1.54) is 0 Å². The Labute approximate surface area is 218 Å². The van der Waals surface area contributed by atoms with Crippen molar-refractivity contribution in [2.24, 2.45) is 0 Å². The zero-order valence-corrected chi connectivity index (χ0v) is 21.9. The van der Waals surface area contributed by atoms with Crippen LogP contribution >= 0.6 is 0 Å². The van der Waals surface area contributed by atoms with Gasteiger partial charge in [0.2, 0.25) is 10.0 Å². The number of hydrogen-bond acceptors (Lipinski definition) is 6. The van der Waals surface area contributed by atoms with Crippen LogP contribution in [0.4, 0.5) is 5.69 Å². The molecule has 0 radical (unpaired) electrons. The van der Waals surface area contributed by atoms with E-state index in [1.54, 1.807) is 38.3 Å². The predicted molar refractivity (Wildman–Crippen MR) is 144 cm³/mol. The highest BCUT2D eigenvalue weighted by atomic mass is 32.2. The summed E-state index contributed by atoms with van der Waals surface area (Å²) >= 11 is 0. The molecule has 1 saturated heterocycles. The maximum absolute atomic E-state index is 13.3. The van der Waals surface area contributed by atoms with Crippen LogP contribution in [0.5, 0.6) is 5.75 Å². The van der Waals surface area contributed by atoms with Crippen molar-refractivity contribution >= 4 is 21.6 Å². The Morgan fingerprint density at radius 1 is 1.05 bits per heavy atom. The predicted octanol–water partition coefficient (Wildman–Crippen LogP) is 3.66. The Morgan fingerprint density at radius 2 is 1.81 bits per heavy atom.